The number of rotatable bonds is 6. The first-order valence-electron chi connectivity index (χ1n) is 5.80. The van der Waals surface area contributed by atoms with E-state index in [1.165, 1.54) is 5.56 Å². The van der Waals surface area contributed by atoms with E-state index in [1.807, 2.05) is 24.3 Å². The summed E-state index contributed by atoms with van der Waals surface area (Å²) in [5.41, 5.74) is 6.68. The van der Waals surface area contributed by atoms with E-state index in [-0.39, 0.29) is 5.84 Å². The van der Waals surface area contributed by atoms with Crippen molar-refractivity contribution in [2.24, 2.45) is 5.73 Å². The molecule has 0 fully saturated rings. The van der Waals surface area contributed by atoms with Crippen LogP contribution in [0.15, 0.2) is 24.3 Å². The molecule has 1 aromatic carbocycles. The van der Waals surface area contributed by atoms with E-state index in [1.54, 1.807) is 0 Å². The first kappa shape index (κ1) is 14.0. The number of hydrogen-bond acceptors (Lipinski definition) is 2. The van der Waals surface area contributed by atoms with Crippen molar-refractivity contribution in [1.82, 2.24) is 4.90 Å². The van der Waals surface area contributed by atoms with Crippen LogP contribution in [-0.2, 0) is 6.54 Å². The summed E-state index contributed by atoms with van der Waals surface area (Å²) in [6, 6.07) is 8.18. The van der Waals surface area contributed by atoms with E-state index < -0.39 is 0 Å². The number of benzene rings is 1. The number of hydrogen-bond donors (Lipinski definition) is 2. The van der Waals surface area contributed by atoms with Gasteiger partial charge in [0.05, 0.1) is 5.84 Å². The average Bonchev–Trinajstić information content (AvgIpc) is 2.28. The van der Waals surface area contributed by atoms with E-state index in [4.69, 9.17) is 22.7 Å². The quantitative estimate of drug-likeness (QED) is 0.605. The van der Waals surface area contributed by atoms with Gasteiger partial charge in [-0.15, -0.1) is 0 Å². The molecule has 3 N–H and O–H groups in total. The zero-order valence-corrected chi connectivity index (χ0v) is 11.2. The van der Waals surface area contributed by atoms with Crippen LogP contribution in [0.4, 0.5) is 0 Å². The monoisotopic (exact) mass is 253 g/mol. The van der Waals surface area contributed by atoms with Crippen molar-refractivity contribution in [2.45, 2.75) is 32.4 Å². The lowest BCUT2D eigenvalue weighted by Crippen LogP contribution is -2.34. The zero-order chi connectivity index (χ0) is 12.8. The van der Waals surface area contributed by atoms with Gasteiger partial charge in [0, 0.05) is 24.0 Å². The van der Waals surface area contributed by atoms with Crippen LogP contribution in [0.3, 0.4) is 0 Å². The predicted octanol–water partition coefficient (Wildman–Crippen LogP) is 2.88. The molecular weight excluding hydrogens is 234 g/mol. The largest absolute Gasteiger partial charge is 0.388 e. The van der Waals surface area contributed by atoms with Gasteiger partial charge in [0.25, 0.3) is 0 Å². The second-order valence-electron chi connectivity index (χ2n) is 4.33. The standard InChI is InChI=1S/C13H20ClN3/c1-3-12(8-13(15)16)17(2)9-10-4-6-11(14)7-5-10/h4-7,12H,3,8-9H2,1-2H3,(H3,15,16). The highest BCUT2D eigenvalue weighted by atomic mass is 35.5. The highest BCUT2D eigenvalue weighted by molar-refractivity contribution is 6.30. The predicted molar refractivity (Wildman–Crippen MR) is 73.5 cm³/mol. The Morgan fingerprint density at radius 3 is 2.47 bits per heavy atom. The van der Waals surface area contributed by atoms with E-state index in [9.17, 15) is 0 Å². The fraction of sp³-hybridized carbons (Fsp3) is 0.462. The van der Waals surface area contributed by atoms with Gasteiger partial charge in [-0.3, -0.25) is 10.3 Å². The molecule has 94 valence electrons. The Bertz CT molecular complexity index is 361. The molecule has 0 radical (unpaired) electrons. The van der Waals surface area contributed by atoms with Crippen molar-refractivity contribution >= 4 is 17.4 Å². The first-order chi connectivity index (χ1) is 8.02. The van der Waals surface area contributed by atoms with E-state index in [0.29, 0.717) is 12.5 Å². The Hall–Kier alpha value is -1.06. The summed E-state index contributed by atoms with van der Waals surface area (Å²) < 4.78 is 0. The summed E-state index contributed by atoms with van der Waals surface area (Å²) in [5, 5.41) is 8.12. The maximum absolute atomic E-state index is 7.36. The molecule has 0 saturated carbocycles. The maximum Gasteiger partial charge on any atom is 0.0921 e. The highest BCUT2D eigenvalue weighted by Crippen LogP contribution is 2.14. The lowest BCUT2D eigenvalue weighted by atomic mass is 10.1. The molecule has 0 heterocycles. The van der Waals surface area contributed by atoms with Gasteiger partial charge in [0.15, 0.2) is 0 Å². The molecule has 0 aliphatic heterocycles. The number of amidine groups is 1. The van der Waals surface area contributed by atoms with Crippen molar-refractivity contribution in [3.05, 3.63) is 34.9 Å². The Morgan fingerprint density at radius 1 is 1.41 bits per heavy atom. The summed E-state index contributed by atoms with van der Waals surface area (Å²) in [6.07, 6.45) is 1.62. The molecule has 0 saturated heterocycles. The third-order valence-electron chi connectivity index (χ3n) is 2.90. The molecule has 1 unspecified atom stereocenters. The van der Waals surface area contributed by atoms with Crippen molar-refractivity contribution < 1.29 is 0 Å². The summed E-state index contributed by atoms with van der Waals surface area (Å²) >= 11 is 5.85. The van der Waals surface area contributed by atoms with Gasteiger partial charge in [-0.25, -0.2) is 0 Å². The maximum atomic E-state index is 7.36. The van der Waals surface area contributed by atoms with Crippen LogP contribution >= 0.6 is 11.6 Å². The van der Waals surface area contributed by atoms with Gasteiger partial charge in [0.2, 0.25) is 0 Å². The molecule has 0 aliphatic carbocycles. The zero-order valence-electron chi connectivity index (χ0n) is 10.4. The van der Waals surface area contributed by atoms with Gasteiger partial charge >= 0.3 is 0 Å². The average molecular weight is 254 g/mol. The van der Waals surface area contributed by atoms with Crippen LogP contribution in [0, 0.1) is 5.41 Å². The minimum atomic E-state index is 0.250. The molecule has 4 heteroatoms. The highest BCUT2D eigenvalue weighted by Gasteiger charge is 2.13. The fourth-order valence-corrected chi connectivity index (χ4v) is 2.00. The van der Waals surface area contributed by atoms with Crippen molar-refractivity contribution in [2.75, 3.05) is 7.05 Å². The van der Waals surface area contributed by atoms with Gasteiger partial charge in [-0.2, -0.15) is 0 Å². The topological polar surface area (TPSA) is 53.1 Å². The molecule has 0 bridgehead atoms. The minimum Gasteiger partial charge on any atom is -0.388 e. The minimum absolute atomic E-state index is 0.250. The lowest BCUT2D eigenvalue weighted by Gasteiger charge is -2.26. The summed E-state index contributed by atoms with van der Waals surface area (Å²) in [6.45, 7) is 2.97. The summed E-state index contributed by atoms with van der Waals surface area (Å²) in [7, 11) is 2.06. The SMILES string of the molecule is CCC(CC(=N)N)N(C)Cc1ccc(Cl)cc1. The van der Waals surface area contributed by atoms with Gasteiger partial charge in [-0.1, -0.05) is 30.7 Å². The van der Waals surface area contributed by atoms with Crippen molar-refractivity contribution in [1.29, 1.82) is 5.41 Å². The fourth-order valence-electron chi connectivity index (χ4n) is 1.87. The third kappa shape index (κ3) is 4.75. The normalized spacial score (nSPS) is 12.7. The van der Waals surface area contributed by atoms with Crippen LogP contribution < -0.4 is 5.73 Å². The molecular formula is C13H20ClN3. The molecule has 0 amide bonds. The van der Waals surface area contributed by atoms with Gasteiger partial charge < -0.3 is 5.73 Å². The number of nitrogens with one attached hydrogen (secondary N) is 1. The Kier molecular flexibility index (Phi) is 5.45. The Balaban J connectivity index is 2.60. The van der Waals surface area contributed by atoms with Crippen LogP contribution in [-0.4, -0.2) is 23.8 Å². The number of nitrogens with two attached hydrogens (primary N) is 1. The molecule has 1 aromatic rings. The van der Waals surface area contributed by atoms with E-state index in [0.717, 1.165) is 18.0 Å². The second-order valence-corrected chi connectivity index (χ2v) is 4.77. The van der Waals surface area contributed by atoms with Crippen LogP contribution in [0.5, 0.6) is 0 Å². The van der Waals surface area contributed by atoms with Crippen LogP contribution in [0.1, 0.15) is 25.3 Å². The van der Waals surface area contributed by atoms with E-state index in [2.05, 4.69) is 18.9 Å². The molecule has 0 aliphatic rings. The first-order valence-corrected chi connectivity index (χ1v) is 6.18. The second kappa shape index (κ2) is 6.62. The van der Waals surface area contributed by atoms with Gasteiger partial charge in [0.1, 0.15) is 0 Å². The molecule has 17 heavy (non-hydrogen) atoms. The van der Waals surface area contributed by atoms with Crippen LogP contribution in [0.25, 0.3) is 0 Å². The lowest BCUT2D eigenvalue weighted by molar-refractivity contribution is 0.232. The van der Waals surface area contributed by atoms with Crippen molar-refractivity contribution in [3.63, 3.8) is 0 Å². The Labute approximate surface area is 108 Å². The smallest absolute Gasteiger partial charge is 0.0921 e. The van der Waals surface area contributed by atoms with Crippen molar-refractivity contribution in [3.8, 4) is 0 Å². The molecule has 1 atom stereocenters. The number of nitrogens with zero attached hydrogens (tertiary/aromatic N) is 1. The number of halogens is 1. The van der Waals surface area contributed by atoms with Crippen LogP contribution in [0.2, 0.25) is 5.02 Å². The van der Waals surface area contributed by atoms with E-state index >= 15 is 0 Å². The Morgan fingerprint density at radius 2 is 2.00 bits per heavy atom. The molecule has 0 aromatic heterocycles. The summed E-state index contributed by atoms with van der Waals surface area (Å²) in [5.74, 6) is 0.250. The summed E-state index contributed by atoms with van der Waals surface area (Å²) in [4.78, 5) is 2.23. The molecule has 3 nitrogen and oxygen atoms in total. The van der Waals surface area contributed by atoms with Gasteiger partial charge in [-0.05, 0) is 31.2 Å². The molecule has 0 spiro atoms. The third-order valence-corrected chi connectivity index (χ3v) is 3.15. The molecule has 1 rings (SSSR count).